The number of nitrogens with two attached hydrogens (primary N) is 1. The fourth-order valence-corrected chi connectivity index (χ4v) is 0.713. The van der Waals surface area contributed by atoms with Gasteiger partial charge in [0.15, 0.2) is 0 Å². The molecule has 1 rings (SSSR count). The van der Waals surface area contributed by atoms with Gasteiger partial charge in [0.25, 0.3) is 0 Å². The van der Waals surface area contributed by atoms with E-state index in [2.05, 4.69) is 4.98 Å². The number of rotatable bonds is 1. The second-order valence-electron chi connectivity index (χ2n) is 1.97. The zero-order chi connectivity index (χ0) is 6.69. The van der Waals surface area contributed by atoms with Gasteiger partial charge in [-0.25, -0.2) is 0 Å². The van der Waals surface area contributed by atoms with Crippen LogP contribution in [0.2, 0.25) is 0 Å². The van der Waals surface area contributed by atoms with Crippen LogP contribution in [0.1, 0.15) is 11.4 Å². The van der Waals surface area contributed by atoms with Crippen LogP contribution in [-0.2, 0) is 6.54 Å². The smallest absolute Gasteiger partial charge is 0.0542 e. The van der Waals surface area contributed by atoms with Crippen molar-refractivity contribution in [1.82, 2.24) is 4.98 Å². The first-order valence-corrected chi connectivity index (χ1v) is 2.95. The SMILES string of the molecule is Cc1cccc(CN)n1. The van der Waals surface area contributed by atoms with Gasteiger partial charge in [-0.1, -0.05) is 6.07 Å². The van der Waals surface area contributed by atoms with E-state index in [1.807, 2.05) is 25.1 Å². The largest absolute Gasteiger partial charge is 0.325 e. The lowest BCUT2D eigenvalue weighted by Gasteiger charge is -1.94. The molecule has 1 aromatic rings. The van der Waals surface area contributed by atoms with Gasteiger partial charge in [-0.05, 0) is 19.1 Å². The minimum absolute atomic E-state index is 0.529. The number of aromatic nitrogens is 1. The summed E-state index contributed by atoms with van der Waals surface area (Å²) in [6.45, 7) is 2.49. The Kier molecular flexibility index (Phi) is 1.80. The Morgan fingerprint density at radius 1 is 1.56 bits per heavy atom. The van der Waals surface area contributed by atoms with Crippen molar-refractivity contribution in [3.05, 3.63) is 29.6 Å². The Labute approximate surface area is 54.7 Å². The van der Waals surface area contributed by atoms with Crippen molar-refractivity contribution in [3.63, 3.8) is 0 Å². The topological polar surface area (TPSA) is 38.9 Å². The zero-order valence-electron chi connectivity index (χ0n) is 5.46. The molecule has 0 saturated heterocycles. The Morgan fingerprint density at radius 2 is 2.33 bits per heavy atom. The van der Waals surface area contributed by atoms with Gasteiger partial charge in [-0.3, -0.25) is 4.98 Å². The molecular weight excluding hydrogens is 112 g/mol. The molecule has 0 aromatic carbocycles. The summed E-state index contributed by atoms with van der Waals surface area (Å²) in [5.74, 6) is 0. The molecule has 2 N–H and O–H groups in total. The van der Waals surface area contributed by atoms with Crippen LogP contribution in [0.15, 0.2) is 18.2 Å². The van der Waals surface area contributed by atoms with Gasteiger partial charge in [0.1, 0.15) is 0 Å². The Morgan fingerprint density at radius 3 is 2.78 bits per heavy atom. The summed E-state index contributed by atoms with van der Waals surface area (Å²) in [5.41, 5.74) is 7.34. The lowest BCUT2D eigenvalue weighted by molar-refractivity contribution is 0.969. The maximum absolute atomic E-state index is 5.36. The summed E-state index contributed by atoms with van der Waals surface area (Å²) >= 11 is 0. The third-order valence-electron chi connectivity index (χ3n) is 1.16. The molecule has 48 valence electrons. The van der Waals surface area contributed by atoms with Crippen molar-refractivity contribution in [2.45, 2.75) is 13.5 Å². The van der Waals surface area contributed by atoms with Gasteiger partial charge in [0, 0.05) is 12.2 Å². The second kappa shape index (κ2) is 2.60. The molecule has 2 heteroatoms. The molecule has 2 nitrogen and oxygen atoms in total. The van der Waals surface area contributed by atoms with Gasteiger partial charge in [-0.2, -0.15) is 0 Å². The van der Waals surface area contributed by atoms with E-state index in [0.717, 1.165) is 11.4 Å². The van der Waals surface area contributed by atoms with Crippen LogP contribution in [0, 0.1) is 6.92 Å². The monoisotopic (exact) mass is 122 g/mol. The molecule has 0 bridgehead atoms. The normalized spacial score (nSPS) is 9.56. The number of hydrogen-bond donors (Lipinski definition) is 1. The van der Waals surface area contributed by atoms with Crippen molar-refractivity contribution in [2.75, 3.05) is 0 Å². The van der Waals surface area contributed by atoms with E-state index < -0.39 is 0 Å². The van der Waals surface area contributed by atoms with Crippen molar-refractivity contribution < 1.29 is 0 Å². The maximum Gasteiger partial charge on any atom is 0.0542 e. The van der Waals surface area contributed by atoms with Crippen LogP contribution in [0.3, 0.4) is 0 Å². The number of nitrogens with zero attached hydrogens (tertiary/aromatic N) is 1. The molecule has 1 aromatic heterocycles. The number of aryl methyl sites for hydroxylation is 1. The van der Waals surface area contributed by atoms with Crippen LogP contribution < -0.4 is 5.73 Å². The van der Waals surface area contributed by atoms with Gasteiger partial charge >= 0.3 is 0 Å². The highest BCUT2D eigenvalue weighted by Gasteiger charge is 1.87. The lowest BCUT2D eigenvalue weighted by atomic mass is 10.3. The van der Waals surface area contributed by atoms with Crippen LogP contribution in [0.5, 0.6) is 0 Å². The summed E-state index contributed by atoms with van der Waals surface area (Å²) in [4.78, 5) is 4.17. The summed E-state index contributed by atoms with van der Waals surface area (Å²) in [6, 6.07) is 5.84. The first-order chi connectivity index (χ1) is 4.33. The van der Waals surface area contributed by atoms with Gasteiger partial charge in [0.2, 0.25) is 0 Å². The Balaban J connectivity index is 2.94. The van der Waals surface area contributed by atoms with E-state index in [4.69, 9.17) is 5.73 Å². The number of hydrogen-bond acceptors (Lipinski definition) is 2. The summed E-state index contributed by atoms with van der Waals surface area (Å²) in [7, 11) is 0. The van der Waals surface area contributed by atoms with Crippen molar-refractivity contribution in [3.8, 4) is 0 Å². The van der Waals surface area contributed by atoms with E-state index in [-0.39, 0.29) is 0 Å². The molecule has 0 aliphatic carbocycles. The first-order valence-electron chi connectivity index (χ1n) is 2.95. The van der Waals surface area contributed by atoms with E-state index in [9.17, 15) is 0 Å². The molecule has 0 saturated carbocycles. The van der Waals surface area contributed by atoms with E-state index in [1.165, 1.54) is 0 Å². The summed E-state index contributed by atoms with van der Waals surface area (Å²) in [5, 5.41) is 0. The fourth-order valence-electron chi connectivity index (χ4n) is 0.713. The second-order valence-corrected chi connectivity index (χ2v) is 1.97. The van der Waals surface area contributed by atoms with Crippen LogP contribution in [-0.4, -0.2) is 4.98 Å². The Hall–Kier alpha value is -0.890. The predicted molar refractivity (Wildman–Crippen MR) is 36.9 cm³/mol. The molecule has 0 spiro atoms. The van der Waals surface area contributed by atoms with E-state index in [1.54, 1.807) is 0 Å². The highest BCUT2D eigenvalue weighted by atomic mass is 14.7. The molecule has 0 radical (unpaired) electrons. The molecule has 0 unspecified atom stereocenters. The minimum Gasteiger partial charge on any atom is -0.325 e. The average Bonchev–Trinajstić information content (AvgIpc) is 1.88. The standard InChI is InChI=1S/C7H10N2/c1-6-3-2-4-7(5-8)9-6/h2-4H,5,8H2,1H3. The zero-order valence-corrected chi connectivity index (χ0v) is 5.46. The third kappa shape index (κ3) is 1.50. The molecule has 0 aliphatic rings. The summed E-state index contributed by atoms with van der Waals surface area (Å²) in [6.07, 6.45) is 0. The third-order valence-corrected chi connectivity index (χ3v) is 1.16. The molecule has 0 atom stereocenters. The average molecular weight is 122 g/mol. The molecular formula is C7H10N2. The molecule has 9 heavy (non-hydrogen) atoms. The van der Waals surface area contributed by atoms with E-state index in [0.29, 0.717) is 6.54 Å². The lowest BCUT2D eigenvalue weighted by Crippen LogP contribution is -1.99. The van der Waals surface area contributed by atoms with Gasteiger partial charge < -0.3 is 5.73 Å². The summed E-state index contributed by atoms with van der Waals surface area (Å²) < 4.78 is 0. The van der Waals surface area contributed by atoms with E-state index >= 15 is 0 Å². The van der Waals surface area contributed by atoms with Crippen LogP contribution in [0.4, 0.5) is 0 Å². The Bertz CT molecular complexity index is 196. The first kappa shape index (κ1) is 6.23. The maximum atomic E-state index is 5.36. The highest BCUT2D eigenvalue weighted by molar-refractivity contribution is 5.09. The van der Waals surface area contributed by atoms with Crippen molar-refractivity contribution in [2.24, 2.45) is 5.73 Å². The predicted octanol–water partition coefficient (Wildman–Crippen LogP) is 0.849. The van der Waals surface area contributed by atoms with Gasteiger partial charge in [0.05, 0.1) is 5.69 Å². The van der Waals surface area contributed by atoms with Crippen LogP contribution >= 0.6 is 0 Å². The highest BCUT2D eigenvalue weighted by Crippen LogP contribution is 1.95. The fraction of sp³-hybridized carbons (Fsp3) is 0.286. The molecule has 0 fully saturated rings. The van der Waals surface area contributed by atoms with Crippen LogP contribution in [0.25, 0.3) is 0 Å². The van der Waals surface area contributed by atoms with Gasteiger partial charge in [-0.15, -0.1) is 0 Å². The molecule has 0 aliphatic heterocycles. The quantitative estimate of drug-likeness (QED) is 0.599. The minimum atomic E-state index is 0.529. The van der Waals surface area contributed by atoms with Crippen molar-refractivity contribution >= 4 is 0 Å². The molecule has 1 heterocycles. The number of pyridine rings is 1. The molecule has 0 amide bonds. The van der Waals surface area contributed by atoms with Crippen molar-refractivity contribution in [1.29, 1.82) is 0 Å².